The van der Waals surface area contributed by atoms with E-state index < -0.39 is 5.60 Å². The second-order valence-corrected chi connectivity index (χ2v) is 11.5. The third-order valence-electron chi connectivity index (χ3n) is 5.80. The van der Waals surface area contributed by atoms with Gasteiger partial charge in [-0.1, -0.05) is 35.1 Å². The number of nitrogens with zero attached hydrogens (tertiary/aromatic N) is 1. The van der Waals surface area contributed by atoms with Crippen molar-refractivity contribution in [3.8, 4) is 0 Å². The molecule has 1 N–H and O–H groups in total. The number of likely N-dealkylation sites (tertiary alicyclic amines) is 1. The number of carbonyl (C=O) groups excluding carboxylic acids is 2. The summed E-state index contributed by atoms with van der Waals surface area (Å²) in [6, 6.07) is 0. The van der Waals surface area contributed by atoms with Gasteiger partial charge in [-0.25, -0.2) is 4.79 Å². The van der Waals surface area contributed by atoms with Crippen molar-refractivity contribution in [2.24, 2.45) is 23.7 Å². The van der Waals surface area contributed by atoms with Gasteiger partial charge in [0, 0.05) is 23.5 Å². The van der Waals surface area contributed by atoms with Crippen LogP contribution in [-0.2, 0) is 9.53 Å². The maximum atomic E-state index is 12.1. The van der Waals surface area contributed by atoms with Crippen molar-refractivity contribution in [3.63, 3.8) is 0 Å². The van der Waals surface area contributed by atoms with Crippen LogP contribution in [0.4, 0.5) is 4.79 Å². The molecule has 2 aliphatic heterocycles. The molecule has 2 atom stereocenters. The molecule has 2 aliphatic rings. The van der Waals surface area contributed by atoms with Crippen molar-refractivity contribution in [2.75, 3.05) is 6.54 Å². The zero-order valence-corrected chi connectivity index (χ0v) is 20.1. The summed E-state index contributed by atoms with van der Waals surface area (Å²) in [5.41, 5.74) is -0.480. The van der Waals surface area contributed by atoms with E-state index in [0.29, 0.717) is 17.8 Å². The molecule has 0 bridgehead atoms. The van der Waals surface area contributed by atoms with E-state index in [1.54, 1.807) is 0 Å². The van der Waals surface area contributed by atoms with Gasteiger partial charge in [0.05, 0.1) is 0 Å². The lowest BCUT2D eigenvalue weighted by molar-refractivity contribution is -0.123. The average molecular weight is 413 g/mol. The summed E-state index contributed by atoms with van der Waals surface area (Å²) < 4.78 is 5.47. The summed E-state index contributed by atoms with van der Waals surface area (Å²) >= 11 is 0. The standard InChI is InChI=1S/C14H27NO2.C9H17NO.CH4/c1-10(2)11-8-14(6,7)15(9-11)12(16)17-13(3,4)5;1-6(2)7-5-9(3,4)10-8(7)11;/h10-11H,8-9H2,1-7H3;6-7H,5H2,1-4H3,(H,10,11);1H4. The van der Waals surface area contributed by atoms with Gasteiger partial charge >= 0.3 is 6.09 Å². The van der Waals surface area contributed by atoms with Crippen molar-refractivity contribution in [3.05, 3.63) is 0 Å². The maximum absolute atomic E-state index is 12.1. The van der Waals surface area contributed by atoms with Crippen LogP contribution in [0.5, 0.6) is 0 Å². The van der Waals surface area contributed by atoms with Crippen LogP contribution in [0.3, 0.4) is 0 Å². The van der Waals surface area contributed by atoms with E-state index in [4.69, 9.17) is 4.74 Å². The smallest absolute Gasteiger partial charge is 0.410 e. The molecule has 0 aromatic carbocycles. The number of amides is 2. The van der Waals surface area contributed by atoms with Crippen LogP contribution < -0.4 is 5.32 Å². The third kappa shape index (κ3) is 8.18. The molecule has 0 aromatic heterocycles. The lowest BCUT2D eigenvalue weighted by atomic mass is 9.89. The molecule has 5 nitrogen and oxygen atoms in total. The Morgan fingerprint density at radius 3 is 1.86 bits per heavy atom. The highest BCUT2D eigenvalue weighted by atomic mass is 16.6. The highest BCUT2D eigenvalue weighted by Crippen LogP contribution is 2.37. The Balaban J connectivity index is 0.000000568. The largest absolute Gasteiger partial charge is 0.444 e. The number of ether oxygens (including phenoxy) is 1. The van der Waals surface area contributed by atoms with Gasteiger partial charge in [-0.2, -0.15) is 0 Å². The topological polar surface area (TPSA) is 58.6 Å². The van der Waals surface area contributed by atoms with Gasteiger partial charge in [0.2, 0.25) is 5.91 Å². The van der Waals surface area contributed by atoms with Gasteiger partial charge in [-0.05, 0) is 79.1 Å². The first-order valence-corrected chi connectivity index (χ1v) is 10.8. The predicted molar refractivity (Wildman–Crippen MR) is 122 cm³/mol. The first-order valence-electron chi connectivity index (χ1n) is 10.8. The lowest BCUT2D eigenvalue weighted by Crippen LogP contribution is -2.45. The van der Waals surface area contributed by atoms with Crippen molar-refractivity contribution >= 4 is 12.0 Å². The number of carbonyl (C=O) groups is 2. The van der Waals surface area contributed by atoms with Crippen LogP contribution in [0, 0.1) is 23.7 Å². The van der Waals surface area contributed by atoms with Crippen LogP contribution in [0.25, 0.3) is 0 Å². The molecule has 0 spiro atoms. The molecule has 2 fully saturated rings. The molecule has 2 heterocycles. The van der Waals surface area contributed by atoms with Crippen molar-refractivity contribution in [1.29, 1.82) is 0 Å². The normalized spacial score (nSPS) is 25.3. The first kappa shape index (κ1) is 27.7. The Kier molecular flexibility index (Phi) is 9.28. The SMILES string of the molecule is C.CC(C)C1CC(C)(C)NC1=O.CC(C)C1CN(C(=O)OC(C)(C)C)C(C)(C)C1. The Morgan fingerprint density at radius 1 is 1.07 bits per heavy atom. The first-order chi connectivity index (χ1) is 12.4. The number of rotatable bonds is 2. The minimum atomic E-state index is -0.414. The summed E-state index contributed by atoms with van der Waals surface area (Å²) in [5.74, 6) is 2.12. The minimum absolute atomic E-state index is 0. The summed E-state index contributed by atoms with van der Waals surface area (Å²) in [4.78, 5) is 25.4. The summed E-state index contributed by atoms with van der Waals surface area (Å²) in [6.07, 6.45) is 1.86. The predicted octanol–water partition coefficient (Wildman–Crippen LogP) is 5.87. The molecular formula is C24H48N2O3. The van der Waals surface area contributed by atoms with E-state index in [2.05, 4.69) is 60.7 Å². The fraction of sp³-hybridized carbons (Fsp3) is 0.917. The molecule has 0 saturated carbocycles. The van der Waals surface area contributed by atoms with E-state index in [9.17, 15) is 9.59 Å². The Morgan fingerprint density at radius 2 is 1.59 bits per heavy atom. The highest BCUT2D eigenvalue weighted by molar-refractivity contribution is 5.82. The zero-order valence-electron chi connectivity index (χ0n) is 20.1. The zero-order chi connectivity index (χ0) is 22.1. The number of hydrogen-bond acceptors (Lipinski definition) is 3. The van der Waals surface area contributed by atoms with Crippen LogP contribution >= 0.6 is 0 Å². The highest BCUT2D eigenvalue weighted by Gasteiger charge is 2.43. The van der Waals surface area contributed by atoms with Crippen molar-refractivity contribution in [1.82, 2.24) is 10.2 Å². The second kappa shape index (κ2) is 9.70. The summed E-state index contributed by atoms with van der Waals surface area (Å²) in [7, 11) is 0. The molecular weight excluding hydrogens is 364 g/mol. The van der Waals surface area contributed by atoms with Gasteiger partial charge in [0.25, 0.3) is 0 Å². The summed E-state index contributed by atoms with van der Waals surface area (Å²) in [6.45, 7) is 23.6. The molecule has 2 unspecified atom stereocenters. The Hall–Kier alpha value is -1.26. The van der Waals surface area contributed by atoms with Gasteiger partial charge in [-0.3, -0.25) is 4.79 Å². The second-order valence-electron chi connectivity index (χ2n) is 11.5. The summed E-state index contributed by atoms with van der Waals surface area (Å²) in [5, 5.41) is 2.99. The number of hydrogen-bond donors (Lipinski definition) is 1. The molecule has 0 aromatic rings. The van der Waals surface area contributed by atoms with E-state index in [-0.39, 0.29) is 36.4 Å². The van der Waals surface area contributed by atoms with Crippen LogP contribution in [0.2, 0.25) is 0 Å². The lowest BCUT2D eigenvalue weighted by Gasteiger charge is -2.33. The average Bonchev–Trinajstić information content (AvgIpc) is 2.93. The van der Waals surface area contributed by atoms with Crippen molar-refractivity contribution in [2.45, 2.75) is 113 Å². The van der Waals surface area contributed by atoms with E-state index >= 15 is 0 Å². The molecule has 172 valence electrons. The Labute approximate surface area is 180 Å². The molecule has 29 heavy (non-hydrogen) atoms. The maximum Gasteiger partial charge on any atom is 0.410 e. The Bertz CT molecular complexity index is 559. The fourth-order valence-electron chi connectivity index (χ4n) is 4.04. The van der Waals surface area contributed by atoms with Crippen LogP contribution in [-0.4, -0.2) is 40.1 Å². The molecule has 5 heteroatoms. The molecule has 2 amide bonds. The van der Waals surface area contributed by atoms with Gasteiger partial charge in [0.15, 0.2) is 0 Å². The van der Waals surface area contributed by atoms with Gasteiger partial charge in [-0.15, -0.1) is 0 Å². The fourth-order valence-corrected chi connectivity index (χ4v) is 4.04. The monoisotopic (exact) mass is 412 g/mol. The van der Waals surface area contributed by atoms with Crippen LogP contribution in [0.15, 0.2) is 0 Å². The van der Waals surface area contributed by atoms with Gasteiger partial charge < -0.3 is 15.0 Å². The molecule has 2 rings (SSSR count). The quantitative estimate of drug-likeness (QED) is 0.617. The molecule has 2 saturated heterocycles. The van der Waals surface area contributed by atoms with Crippen molar-refractivity contribution < 1.29 is 14.3 Å². The molecule has 0 radical (unpaired) electrons. The van der Waals surface area contributed by atoms with E-state index in [0.717, 1.165) is 19.4 Å². The van der Waals surface area contributed by atoms with E-state index in [1.165, 1.54) is 0 Å². The third-order valence-corrected chi connectivity index (χ3v) is 5.80. The minimum Gasteiger partial charge on any atom is -0.444 e. The molecule has 0 aliphatic carbocycles. The number of nitrogens with one attached hydrogen (secondary N) is 1. The van der Waals surface area contributed by atoms with Gasteiger partial charge in [0.1, 0.15) is 5.60 Å². The van der Waals surface area contributed by atoms with Crippen LogP contribution in [0.1, 0.15) is 96.4 Å². The van der Waals surface area contributed by atoms with E-state index in [1.807, 2.05) is 25.7 Å².